The summed E-state index contributed by atoms with van der Waals surface area (Å²) >= 11 is 6.20. The van der Waals surface area contributed by atoms with Gasteiger partial charge in [-0.3, -0.25) is 4.79 Å². The standard InChI is InChI=1S/C26H21ClN2O2/c27-24-14-5-2-10-22(24)18-31-25-15-6-3-9-21(25)17-28-29-26(30)16-20-12-7-11-19-8-1-4-13-23(19)20/h1-15,17H,16,18H2,(H,29,30)/b28-17-. The molecule has 5 heteroatoms. The first-order valence-electron chi connectivity index (χ1n) is 9.94. The zero-order valence-electron chi connectivity index (χ0n) is 16.8. The van der Waals surface area contributed by atoms with Gasteiger partial charge in [-0.2, -0.15) is 5.10 Å². The van der Waals surface area contributed by atoms with Crippen molar-refractivity contribution in [3.05, 3.63) is 113 Å². The molecule has 4 aromatic rings. The van der Waals surface area contributed by atoms with E-state index < -0.39 is 0 Å². The third-order valence-electron chi connectivity index (χ3n) is 4.88. The molecular weight excluding hydrogens is 408 g/mol. The summed E-state index contributed by atoms with van der Waals surface area (Å²) in [7, 11) is 0. The zero-order chi connectivity index (χ0) is 21.5. The van der Waals surface area contributed by atoms with Crippen LogP contribution in [0.5, 0.6) is 5.75 Å². The summed E-state index contributed by atoms with van der Waals surface area (Å²) in [5.41, 5.74) is 5.24. The van der Waals surface area contributed by atoms with Crippen LogP contribution in [0.1, 0.15) is 16.7 Å². The van der Waals surface area contributed by atoms with Gasteiger partial charge in [-0.25, -0.2) is 5.43 Å². The van der Waals surface area contributed by atoms with E-state index in [1.54, 1.807) is 6.21 Å². The van der Waals surface area contributed by atoms with Crippen molar-refractivity contribution in [2.24, 2.45) is 5.10 Å². The molecule has 0 unspecified atom stereocenters. The van der Waals surface area contributed by atoms with Crippen molar-refractivity contribution in [2.75, 3.05) is 0 Å². The molecule has 154 valence electrons. The SMILES string of the molecule is O=C(Cc1cccc2ccccc12)N/N=C\c1ccccc1OCc1ccccc1Cl. The Bertz CT molecular complexity index is 1230. The fourth-order valence-corrected chi connectivity index (χ4v) is 3.51. The number of benzene rings is 4. The Morgan fingerprint density at radius 3 is 2.48 bits per heavy atom. The van der Waals surface area contributed by atoms with Crippen molar-refractivity contribution < 1.29 is 9.53 Å². The van der Waals surface area contributed by atoms with Crippen molar-refractivity contribution in [2.45, 2.75) is 13.0 Å². The minimum atomic E-state index is -0.179. The van der Waals surface area contributed by atoms with Crippen molar-refractivity contribution in [1.82, 2.24) is 5.43 Å². The lowest BCUT2D eigenvalue weighted by atomic mass is 10.0. The van der Waals surface area contributed by atoms with E-state index in [-0.39, 0.29) is 12.3 Å². The third-order valence-corrected chi connectivity index (χ3v) is 5.25. The van der Waals surface area contributed by atoms with Gasteiger partial charge in [0, 0.05) is 16.1 Å². The number of fused-ring (bicyclic) bond motifs is 1. The van der Waals surface area contributed by atoms with Gasteiger partial charge in [0.25, 0.3) is 0 Å². The van der Waals surface area contributed by atoms with Gasteiger partial charge in [0.2, 0.25) is 5.91 Å². The molecule has 0 aliphatic rings. The van der Waals surface area contributed by atoms with E-state index in [0.717, 1.165) is 27.5 Å². The fraction of sp³-hybridized carbons (Fsp3) is 0.0769. The summed E-state index contributed by atoms with van der Waals surface area (Å²) in [6.45, 7) is 0.345. The molecule has 4 aromatic carbocycles. The van der Waals surface area contributed by atoms with Gasteiger partial charge in [-0.05, 0) is 34.5 Å². The van der Waals surface area contributed by atoms with E-state index in [2.05, 4.69) is 10.5 Å². The summed E-state index contributed by atoms with van der Waals surface area (Å²) < 4.78 is 5.92. The molecule has 31 heavy (non-hydrogen) atoms. The second-order valence-corrected chi connectivity index (χ2v) is 7.43. The summed E-state index contributed by atoms with van der Waals surface area (Å²) in [5.74, 6) is 0.483. The Morgan fingerprint density at radius 2 is 1.58 bits per heavy atom. The van der Waals surface area contributed by atoms with Crippen molar-refractivity contribution in [3.8, 4) is 5.75 Å². The number of carbonyl (C=O) groups excluding carboxylic acids is 1. The maximum Gasteiger partial charge on any atom is 0.244 e. The molecule has 0 atom stereocenters. The lowest BCUT2D eigenvalue weighted by Gasteiger charge is -2.10. The molecule has 0 heterocycles. The molecule has 0 bridgehead atoms. The van der Waals surface area contributed by atoms with Gasteiger partial charge in [-0.1, -0.05) is 84.4 Å². The van der Waals surface area contributed by atoms with Crippen LogP contribution >= 0.6 is 11.6 Å². The maximum absolute atomic E-state index is 12.4. The Hall–Kier alpha value is -3.63. The average Bonchev–Trinajstić information content (AvgIpc) is 2.79. The molecule has 0 spiro atoms. The van der Waals surface area contributed by atoms with Gasteiger partial charge in [0.15, 0.2) is 0 Å². The predicted octanol–water partition coefficient (Wildman–Crippen LogP) is 5.77. The maximum atomic E-state index is 12.4. The monoisotopic (exact) mass is 428 g/mol. The smallest absolute Gasteiger partial charge is 0.244 e. The van der Waals surface area contributed by atoms with Crippen LogP contribution in [0.15, 0.2) is 96.1 Å². The minimum absolute atomic E-state index is 0.179. The molecule has 0 saturated carbocycles. The van der Waals surface area contributed by atoms with E-state index in [9.17, 15) is 4.79 Å². The quantitative estimate of drug-likeness (QED) is 0.300. The molecule has 0 saturated heterocycles. The molecule has 0 aliphatic heterocycles. The number of nitrogens with one attached hydrogen (secondary N) is 1. The summed E-state index contributed by atoms with van der Waals surface area (Å²) in [5, 5.41) is 6.97. The number of carbonyl (C=O) groups is 1. The number of nitrogens with zero attached hydrogens (tertiary/aromatic N) is 1. The van der Waals surface area contributed by atoms with E-state index in [4.69, 9.17) is 16.3 Å². The summed E-state index contributed by atoms with van der Waals surface area (Å²) in [4.78, 5) is 12.4. The Labute approximate surface area is 186 Å². The van der Waals surface area contributed by atoms with E-state index in [1.165, 1.54) is 0 Å². The van der Waals surface area contributed by atoms with Crippen LogP contribution in [0, 0.1) is 0 Å². The third kappa shape index (κ3) is 5.30. The van der Waals surface area contributed by atoms with Gasteiger partial charge in [0.1, 0.15) is 12.4 Å². The number of hydrogen-bond acceptors (Lipinski definition) is 3. The van der Waals surface area contributed by atoms with Crippen LogP contribution in [-0.2, 0) is 17.8 Å². The molecule has 0 fully saturated rings. The Morgan fingerprint density at radius 1 is 0.871 bits per heavy atom. The largest absolute Gasteiger partial charge is 0.488 e. The lowest BCUT2D eigenvalue weighted by molar-refractivity contribution is -0.120. The Balaban J connectivity index is 1.40. The van der Waals surface area contributed by atoms with Crippen LogP contribution in [0.3, 0.4) is 0 Å². The molecular formula is C26H21ClN2O2. The van der Waals surface area contributed by atoms with E-state index in [0.29, 0.717) is 17.4 Å². The molecule has 4 nitrogen and oxygen atoms in total. The molecule has 1 N–H and O–H groups in total. The molecule has 0 radical (unpaired) electrons. The van der Waals surface area contributed by atoms with E-state index >= 15 is 0 Å². The first kappa shape index (κ1) is 20.6. The highest BCUT2D eigenvalue weighted by molar-refractivity contribution is 6.31. The number of rotatable bonds is 7. The predicted molar refractivity (Wildman–Crippen MR) is 126 cm³/mol. The van der Waals surface area contributed by atoms with Gasteiger partial charge in [0.05, 0.1) is 12.6 Å². The first-order valence-corrected chi connectivity index (χ1v) is 10.3. The second-order valence-electron chi connectivity index (χ2n) is 7.03. The zero-order valence-corrected chi connectivity index (χ0v) is 17.5. The van der Waals surface area contributed by atoms with Gasteiger partial charge in [-0.15, -0.1) is 0 Å². The second kappa shape index (κ2) is 9.92. The lowest BCUT2D eigenvalue weighted by Crippen LogP contribution is -2.20. The topological polar surface area (TPSA) is 50.7 Å². The number of amides is 1. The summed E-state index contributed by atoms with van der Waals surface area (Å²) in [6, 6.07) is 29.0. The number of hydrazone groups is 1. The van der Waals surface area contributed by atoms with Crippen LogP contribution in [0.4, 0.5) is 0 Å². The minimum Gasteiger partial charge on any atom is -0.488 e. The normalized spacial score (nSPS) is 11.0. The van der Waals surface area contributed by atoms with Gasteiger partial charge < -0.3 is 4.74 Å². The number of para-hydroxylation sites is 1. The highest BCUT2D eigenvalue weighted by atomic mass is 35.5. The first-order chi connectivity index (χ1) is 15.2. The Kier molecular flexibility index (Phi) is 6.60. The van der Waals surface area contributed by atoms with Crippen molar-refractivity contribution in [3.63, 3.8) is 0 Å². The number of ether oxygens (including phenoxy) is 1. The van der Waals surface area contributed by atoms with Crippen LogP contribution in [0.25, 0.3) is 10.8 Å². The molecule has 0 aromatic heterocycles. The molecule has 1 amide bonds. The van der Waals surface area contributed by atoms with Crippen LogP contribution in [-0.4, -0.2) is 12.1 Å². The van der Waals surface area contributed by atoms with E-state index in [1.807, 2.05) is 91.0 Å². The summed E-state index contributed by atoms with van der Waals surface area (Å²) in [6.07, 6.45) is 1.84. The average molecular weight is 429 g/mol. The van der Waals surface area contributed by atoms with Crippen LogP contribution in [0.2, 0.25) is 5.02 Å². The number of hydrogen-bond donors (Lipinski definition) is 1. The fourth-order valence-electron chi connectivity index (χ4n) is 3.32. The molecule has 0 aliphatic carbocycles. The van der Waals surface area contributed by atoms with Crippen molar-refractivity contribution >= 4 is 34.5 Å². The highest BCUT2D eigenvalue weighted by Gasteiger charge is 2.07. The number of halogens is 1. The molecule has 4 rings (SSSR count). The van der Waals surface area contributed by atoms with Gasteiger partial charge >= 0.3 is 0 Å². The van der Waals surface area contributed by atoms with Crippen molar-refractivity contribution in [1.29, 1.82) is 0 Å². The highest BCUT2D eigenvalue weighted by Crippen LogP contribution is 2.21. The van der Waals surface area contributed by atoms with Crippen LogP contribution < -0.4 is 10.2 Å².